The van der Waals surface area contributed by atoms with Gasteiger partial charge >= 0.3 is 6.09 Å². The van der Waals surface area contributed by atoms with Gasteiger partial charge in [0.25, 0.3) is 5.91 Å². The summed E-state index contributed by atoms with van der Waals surface area (Å²) in [6.07, 6.45) is -0.440. The van der Waals surface area contributed by atoms with Gasteiger partial charge in [-0.15, -0.1) is 0 Å². The Bertz CT molecular complexity index is 1740. The Labute approximate surface area is 245 Å². The molecule has 4 rings (SSSR count). The maximum atomic E-state index is 14.7. The number of aryl methyl sites for hydroxylation is 1. The standard InChI is InChI=1S/C31H34N4O6S/c1-19-11-13-22-9-7-8-10-23(22)24(19)17-33-25-14-12-21(16-32)15-26(25)34(27(36)18-42(6,40)41)20(2)28(29(33)37)35(30(38)39)31(3,4)5/h7-15,20,28H,17-18H2,1-6H3,(H,38,39)/t20-,28-/m0/s1. The van der Waals surface area contributed by atoms with Crippen LogP contribution in [0, 0.1) is 18.3 Å². The van der Waals surface area contributed by atoms with Crippen LogP contribution in [0.3, 0.4) is 0 Å². The Morgan fingerprint density at radius 3 is 2.33 bits per heavy atom. The van der Waals surface area contributed by atoms with Crippen LogP contribution in [0.25, 0.3) is 10.8 Å². The molecule has 0 saturated heterocycles. The fourth-order valence-electron chi connectivity index (χ4n) is 5.64. The van der Waals surface area contributed by atoms with E-state index in [2.05, 4.69) is 0 Å². The molecule has 0 bridgehead atoms. The number of carboxylic acid groups (broad SMARTS) is 1. The highest BCUT2D eigenvalue weighted by Crippen LogP contribution is 2.40. The Kier molecular flexibility index (Phi) is 8.07. The van der Waals surface area contributed by atoms with Crippen molar-refractivity contribution in [2.45, 2.75) is 58.8 Å². The number of sulfone groups is 1. The summed E-state index contributed by atoms with van der Waals surface area (Å²) in [5.41, 5.74) is 1.28. The molecule has 3 aromatic rings. The molecular weight excluding hydrogens is 556 g/mol. The fourth-order valence-corrected chi connectivity index (χ4v) is 6.23. The monoisotopic (exact) mass is 590 g/mol. The van der Waals surface area contributed by atoms with Crippen LogP contribution >= 0.6 is 0 Å². The van der Waals surface area contributed by atoms with Gasteiger partial charge in [0.2, 0.25) is 5.91 Å². The molecule has 1 N–H and O–H groups in total. The predicted molar refractivity (Wildman–Crippen MR) is 161 cm³/mol. The number of amides is 3. The van der Waals surface area contributed by atoms with Crippen LogP contribution < -0.4 is 9.80 Å². The number of rotatable bonds is 5. The first kappa shape index (κ1) is 30.5. The number of nitrogens with zero attached hydrogens (tertiary/aromatic N) is 4. The van der Waals surface area contributed by atoms with Gasteiger partial charge < -0.3 is 14.9 Å². The van der Waals surface area contributed by atoms with Gasteiger partial charge in [-0.3, -0.25) is 14.5 Å². The van der Waals surface area contributed by atoms with Gasteiger partial charge in [-0.1, -0.05) is 36.4 Å². The smallest absolute Gasteiger partial charge is 0.408 e. The van der Waals surface area contributed by atoms with Crippen molar-refractivity contribution >= 4 is 49.9 Å². The van der Waals surface area contributed by atoms with Gasteiger partial charge in [0, 0.05) is 11.8 Å². The molecule has 42 heavy (non-hydrogen) atoms. The molecule has 0 unspecified atom stereocenters. The van der Waals surface area contributed by atoms with Crippen molar-refractivity contribution < 1.29 is 27.9 Å². The summed E-state index contributed by atoms with van der Waals surface area (Å²) in [4.78, 5) is 44.7. The van der Waals surface area contributed by atoms with E-state index in [1.54, 1.807) is 26.8 Å². The first-order valence-corrected chi connectivity index (χ1v) is 15.5. The summed E-state index contributed by atoms with van der Waals surface area (Å²) >= 11 is 0. The summed E-state index contributed by atoms with van der Waals surface area (Å²) in [5, 5.41) is 21.9. The van der Waals surface area contributed by atoms with Crippen molar-refractivity contribution in [2.24, 2.45) is 0 Å². The Morgan fingerprint density at radius 1 is 1.07 bits per heavy atom. The molecule has 1 heterocycles. The fraction of sp³-hybridized carbons (Fsp3) is 0.355. The first-order chi connectivity index (χ1) is 19.5. The van der Waals surface area contributed by atoms with E-state index in [1.165, 1.54) is 24.0 Å². The van der Waals surface area contributed by atoms with Gasteiger partial charge in [0.15, 0.2) is 9.84 Å². The number of hydrogen-bond donors (Lipinski definition) is 1. The highest BCUT2D eigenvalue weighted by atomic mass is 32.2. The number of carbonyl (C=O) groups is 3. The van der Waals surface area contributed by atoms with Crippen molar-refractivity contribution in [3.63, 3.8) is 0 Å². The van der Waals surface area contributed by atoms with Crippen molar-refractivity contribution in [1.29, 1.82) is 5.26 Å². The molecule has 11 heteroatoms. The molecule has 2 atom stereocenters. The number of hydrogen-bond acceptors (Lipinski definition) is 6. The molecule has 0 fully saturated rings. The van der Waals surface area contributed by atoms with Crippen LogP contribution in [-0.2, 0) is 26.0 Å². The third-order valence-corrected chi connectivity index (χ3v) is 8.26. The third kappa shape index (κ3) is 5.81. The molecule has 1 aliphatic rings. The quantitative estimate of drug-likeness (QED) is 0.462. The van der Waals surface area contributed by atoms with Gasteiger partial charge in [-0.25, -0.2) is 13.2 Å². The molecule has 0 aromatic heterocycles. The Morgan fingerprint density at radius 2 is 1.74 bits per heavy atom. The zero-order valence-electron chi connectivity index (χ0n) is 24.5. The molecule has 0 saturated carbocycles. The summed E-state index contributed by atoms with van der Waals surface area (Å²) < 4.78 is 24.5. The minimum Gasteiger partial charge on any atom is -0.465 e. The molecule has 3 aromatic carbocycles. The molecule has 1 aliphatic heterocycles. The van der Waals surface area contributed by atoms with E-state index in [0.29, 0.717) is 0 Å². The zero-order chi connectivity index (χ0) is 31.1. The molecule has 0 radical (unpaired) electrons. The SMILES string of the molecule is Cc1ccc2ccccc2c1CN1C(=O)[C@@H](N(C(=O)O)C(C)(C)C)[C@H](C)N(C(=O)CS(C)(=O)=O)c2cc(C#N)ccc21. The molecule has 0 aliphatic carbocycles. The maximum absolute atomic E-state index is 14.7. The van der Waals surface area contributed by atoms with Crippen LogP contribution in [0.4, 0.5) is 16.2 Å². The van der Waals surface area contributed by atoms with E-state index in [4.69, 9.17) is 0 Å². The molecular formula is C31H34N4O6S. The van der Waals surface area contributed by atoms with Crippen LogP contribution in [0.1, 0.15) is 44.4 Å². The van der Waals surface area contributed by atoms with Crippen LogP contribution in [-0.4, -0.2) is 66.0 Å². The van der Waals surface area contributed by atoms with E-state index in [-0.39, 0.29) is 23.5 Å². The topological polar surface area (TPSA) is 139 Å². The first-order valence-electron chi connectivity index (χ1n) is 13.4. The van der Waals surface area contributed by atoms with Crippen LogP contribution in [0.15, 0.2) is 54.6 Å². The summed E-state index contributed by atoms with van der Waals surface area (Å²) in [5.74, 6) is -2.27. The zero-order valence-corrected chi connectivity index (χ0v) is 25.3. The van der Waals surface area contributed by atoms with Crippen LogP contribution in [0.5, 0.6) is 0 Å². The van der Waals surface area contributed by atoms with Gasteiger partial charge in [0.05, 0.1) is 35.6 Å². The number of carbonyl (C=O) groups excluding carboxylic acids is 2. The van der Waals surface area contributed by atoms with E-state index < -0.39 is 51.1 Å². The van der Waals surface area contributed by atoms with Crippen molar-refractivity contribution in [2.75, 3.05) is 21.8 Å². The second-order valence-corrected chi connectivity index (χ2v) is 13.8. The average Bonchev–Trinajstić information content (AvgIpc) is 2.96. The minimum absolute atomic E-state index is 0.0415. The van der Waals surface area contributed by atoms with Gasteiger partial charge in [-0.05, 0) is 74.7 Å². The Hall–Kier alpha value is -4.43. The minimum atomic E-state index is -3.80. The van der Waals surface area contributed by atoms with E-state index in [1.807, 2.05) is 49.4 Å². The number of nitriles is 1. The second-order valence-electron chi connectivity index (χ2n) is 11.7. The number of anilines is 2. The lowest BCUT2D eigenvalue weighted by atomic mass is 9.96. The second kappa shape index (κ2) is 11.1. The van der Waals surface area contributed by atoms with Crippen LogP contribution in [0.2, 0.25) is 0 Å². The van der Waals surface area contributed by atoms with E-state index >= 15 is 0 Å². The maximum Gasteiger partial charge on any atom is 0.408 e. The predicted octanol–water partition coefficient (Wildman–Crippen LogP) is 4.48. The average molecular weight is 591 g/mol. The lowest BCUT2D eigenvalue weighted by molar-refractivity contribution is -0.126. The Balaban J connectivity index is 2.05. The van der Waals surface area contributed by atoms with E-state index in [9.17, 15) is 33.2 Å². The molecule has 3 amide bonds. The number of benzene rings is 3. The largest absolute Gasteiger partial charge is 0.465 e. The third-order valence-electron chi connectivity index (χ3n) is 7.49. The van der Waals surface area contributed by atoms with Crippen molar-refractivity contribution in [3.8, 4) is 6.07 Å². The van der Waals surface area contributed by atoms with Gasteiger partial charge in [-0.2, -0.15) is 5.26 Å². The van der Waals surface area contributed by atoms with E-state index in [0.717, 1.165) is 38.0 Å². The van der Waals surface area contributed by atoms with Gasteiger partial charge in [0.1, 0.15) is 11.8 Å². The van der Waals surface area contributed by atoms with Crippen molar-refractivity contribution in [3.05, 3.63) is 71.3 Å². The lowest BCUT2D eigenvalue weighted by Crippen LogP contribution is -2.64. The summed E-state index contributed by atoms with van der Waals surface area (Å²) in [6, 6.07) is 15.6. The normalized spacial score (nSPS) is 17.4. The summed E-state index contributed by atoms with van der Waals surface area (Å²) in [7, 11) is -3.80. The lowest BCUT2D eigenvalue weighted by Gasteiger charge is -2.43. The molecule has 10 nitrogen and oxygen atoms in total. The molecule has 220 valence electrons. The number of fused-ring (bicyclic) bond motifs is 2. The molecule has 0 spiro atoms. The highest BCUT2D eigenvalue weighted by molar-refractivity contribution is 7.91. The summed E-state index contributed by atoms with van der Waals surface area (Å²) in [6.45, 7) is 8.43. The highest BCUT2D eigenvalue weighted by Gasteiger charge is 2.49. The van der Waals surface area contributed by atoms with Crippen molar-refractivity contribution in [1.82, 2.24) is 4.90 Å².